The number of oxazole rings is 1. The molecule has 0 saturated carbocycles. The van der Waals surface area contributed by atoms with E-state index in [1.54, 1.807) is 17.1 Å². The van der Waals surface area contributed by atoms with Crippen LogP contribution in [0.2, 0.25) is 0 Å². The van der Waals surface area contributed by atoms with Crippen LogP contribution in [0.3, 0.4) is 0 Å². The van der Waals surface area contributed by atoms with Crippen LogP contribution in [0.5, 0.6) is 0 Å². The largest absolute Gasteiger partial charge is 0.441 e. The van der Waals surface area contributed by atoms with Gasteiger partial charge in [-0.2, -0.15) is 5.10 Å². The van der Waals surface area contributed by atoms with Crippen LogP contribution in [0.1, 0.15) is 19.2 Å². The van der Waals surface area contributed by atoms with Crippen LogP contribution in [0.25, 0.3) is 11.3 Å². The molecule has 0 atom stereocenters. The monoisotopic (exact) mass is 234 g/mol. The highest BCUT2D eigenvalue weighted by Crippen LogP contribution is 2.19. The van der Waals surface area contributed by atoms with Gasteiger partial charge in [0.2, 0.25) is 0 Å². The molecule has 1 N–H and O–H groups in total. The van der Waals surface area contributed by atoms with Gasteiger partial charge in [-0.05, 0) is 13.0 Å². The fourth-order valence-corrected chi connectivity index (χ4v) is 1.60. The van der Waals surface area contributed by atoms with Gasteiger partial charge in [0.05, 0.1) is 18.0 Å². The summed E-state index contributed by atoms with van der Waals surface area (Å²) in [5, 5.41) is 7.43. The van der Waals surface area contributed by atoms with Gasteiger partial charge in [-0.1, -0.05) is 6.92 Å². The Morgan fingerprint density at radius 3 is 2.94 bits per heavy atom. The summed E-state index contributed by atoms with van der Waals surface area (Å²) in [4.78, 5) is 4.26. The minimum atomic E-state index is 0.771. The molecule has 0 saturated heterocycles. The van der Waals surface area contributed by atoms with E-state index in [0.29, 0.717) is 0 Å². The predicted octanol–water partition coefficient (Wildman–Crippen LogP) is 1.62. The lowest BCUT2D eigenvalue weighted by Crippen LogP contribution is -2.17. The Bertz CT molecular complexity index is 461. The topological polar surface area (TPSA) is 55.9 Å². The molecule has 2 heterocycles. The van der Waals surface area contributed by atoms with E-state index in [2.05, 4.69) is 22.3 Å². The van der Waals surface area contributed by atoms with Gasteiger partial charge < -0.3 is 9.73 Å². The molecule has 0 aliphatic rings. The molecule has 17 heavy (non-hydrogen) atoms. The number of aromatic nitrogens is 3. The first-order valence-electron chi connectivity index (χ1n) is 5.94. The van der Waals surface area contributed by atoms with Crippen LogP contribution in [0, 0.1) is 0 Å². The molecule has 0 aliphatic carbocycles. The Kier molecular flexibility index (Phi) is 3.93. The number of hydrogen-bond acceptors (Lipinski definition) is 4. The molecule has 0 aliphatic heterocycles. The van der Waals surface area contributed by atoms with Crippen molar-refractivity contribution in [2.45, 2.75) is 19.8 Å². The average molecular weight is 234 g/mol. The maximum atomic E-state index is 5.66. The molecule has 2 aromatic rings. The fourth-order valence-electron chi connectivity index (χ4n) is 1.60. The SMILES string of the molecule is CCCNCCc1ncc(-c2cnn(C)c2)o1. The molecule has 2 rings (SSSR count). The predicted molar refractivity (Wildman–Crippen MR) is 65.6 cm³/mol. The number of nitrogens with zero attached hydrogens (tertiary/aromatic N) is 3. The minimum absolute atomic E-state index is 0.771. The van der Waals surface area contributed by atoms with Crippen LogP contribution in [-0.2, 0) is 13.5 Å². The van der Waals surface area contributed by atoms with Gasteiger partial charge in [0.1, 0.15) is 0 Å². The summed E-state index contributed by atoms with van der Waals surface area (Å²) < 4.78 is 7.41. The van der Waals surface area contributed by atoms with Gasteiger partial charge in [-0.25, -0.2) is 4.98 Å². The zero-order valence-corrected chi connectivity index (χ0v) is 10.3. The lowest BCUT2D eigenvalue weighted by molar-refractivity contribution is 0.495. The average Bonchev–Trinajstić information content (AvgIpc) is 2.93. The fraction of sp³-hybridized carbons (Fsp3) is 0.500. The van der Waals surface area contributed by atoms with Crippen molar-refractivity contribution in [2.75, 3.05) is 13.1 Å². The van der Waals surface area contributed by atoms with Crippen molar-refractivity contribution in [1.29, 1.82) is 0 Å². The molecular formula is C12H18N4O. The van der Waals surface area contributed by atoms with Gasteiger partial charge in [-0.15, -0.1) is 0 Å². The number of aryl methyl sites for hydroxylation is 1. The van der Waals surface area contributed by atoms with Gasteiger partial charge in [0.25, 0.3) is 0 Å². The van der Waals surface area contributed by atoms with E-state index >= 15 is 0 Å². The molecule has 5 nitrogen and oxygen atoms in total. The van der Waals surface area contributed by atoms with Gasteiger partial charge >= 0.3 is 0 Å². The lowest BCUT2D eigenvalue weighted by Gasteiger charge is -1.98. The van der Waals surface area contributed by atoms with Gasteiger partial charge in [0, 0.05) is 26.2 Å². The summed E-state index contributed by atoms with van der Waals surface area (Å²) in [5.74, 6) is 1.55. The Morgan fingerprint density at radius 2 is 2.24 bits per heavy atom. The first-order valence-corrected chi connectivity index (χ1v) is 5.94. The zero-order valence-electron chi connectivity index (χ0n) is 10.3. The van der Waals surface area contributed by atoms with Crippen molar-refractivity contribution in [3.63, 3.8) is 0 Å². The van der Waals surface area contributed by atoms with E-state index in [4.69, 9.17) is 4.42 Å². The second-order valence-corrected chi connectivity index (χ2v) is 4.02. The van der Waals surface area contributed by atoms with Crippen molar-refractivity contribution in [3.05, 3.63) is 24.5 Å². The summed E-state index contributed by atoms with van der Waals surface area (Å²) in [6.07, 6.45) is 7.41. The number of hydrogen-bond donors (Lipinski definition) is 1. The van der Waals surface area contributed by atoms with Gasteiger partial charge in [-0.3, -0.25) is 4.68 Å². The van der Waals surface area contributed by atoms with Crippen molar-refractivity contribution in [2.24, 2.45) is 7.05 Å². The molecule has 0 spiro atoms. The van der Waals surface area contributed by atoms with E-state index in [9.17, 15) is 0 Å². The summed E-state index contributed by atoms with van der Waals surface area (Å²) in [6, 6.07) is 0. The molecule has 2 aromatic heterocycles. The van der Waals surface area contributed by atoms with Crippen molar-refractivity contribution >= 4 is 0 Å². The van der Waals surface area contributed by atoms with Crippen molar-refractivity contribution in [3.8, 4) is 11.3 Å². The van der Waals surface area contributed by atoms with Crippen LogP contribution < -0.4 is 5.32 Å². The molecule has 92 valence electrons. The highest BCUT2D eigenvalue weighted by Gasteiger charge is 2.07. The zero-order chi connectivity index (χ0) is 12.1. The molecule has 0 amide bonds. The van der Waals surface area contributed by atoms with Crippen LogP contribution in [-0.4, -0.2) is 27.9 Å². The summed E-state index contributed by atoms with van der Waals surface area (Å²) in [7, 11) is 1.88. The quantitative estimate of drug-likeness (QED) is 0.772. The van der Waals surface area contributed by atoms with Crippen LogP contribution in [0.15, 0.2) is 23.0 Å². The lowest BCUT2D eigenvalue weighted by atomic mass is 10.3. The van der Waals surface area contributed by atoms with E-state index in [1.807, 2.05) is 13.2 Å². The van der Waals surface area contributed by atoms with E-state index in [-0.39, 0.29) is 0 Å². The molecule has 0 bridgehead atoms. The van der Waals surface area contributed by atoms with Crippen molar-refractivity contribution in [1.82, 2.24) is 20.1 Å². The molecule has 0 unspecified atom stereocenters. The smallest absolute Gasteiger partial charge is 0.196 e. The molecule has 0 fully saturated rings. The molecule has 0 aromatic carbocycles. The van der Waals surface area contributed by atoms with Gasteiger partial charge in [0.15, 0.2) is 11.7 Å². The standard InChI is InChI=1S/C12H18N4O/c1-3-5-13-6-4-12-14-8-11(17-12)10-7-15-16(2)9-10/h7-9,13H,3-6H2,1-2H3. The Hall–Kier alpha value is -1.62. The normalized spacial score (nSPS) is 10.9. The third kappa shape index (κ3) is 3.17. The Balaban J connectivity index is 1.92. The van der Waals surface area contributed by atoms with E-state index < -0.39 is 0 Å². The van der Waals surface area contributed by atoms with E-state index in [0.717, 1.165) is 43.1 Å². The maximum absolute atomic E-state index is 5.66. The van der Waals surface area contributed by atoms with Crippen LogP contribution >= 0.6 is 0 Å². The van der Waals surface area contributed by atoms with Crippen LogP contribution in [0.4, 0.5) is 0 Å². The van der Waals surface area contributed by atoms with Crippen molar-refractivity contribution < 1.29 is 4.42 Å². The van der Waals surface area contributed by atoms with E-state index in [1.165, 1.54) is 0 Å². The highest BCUT2D eigenvalue weighted by atomic mass is 16.4. The number of nitrogens with one attached hydrogen (secondary N) is 1. The second kappa shape index (κ2) is 5.63. The Morgan fingerprint density at radius 1 is 1.35 bits per heavy atom. The maximum Gasteiger partial charge on any atom is 0.196 e. The molecule has 0 radical (unpaired) electrons. The first kappa shape index (κ1) is 11.9. The summed E-state index contributed by atoms with van der Waals surface area (Å²) >= 11 is 0. The highest BCUT2D eigenvalue weighted by molar-refractivity contribution is 5.53. The third-order valence-electron chi connectivity index (χ3n) is 2.49. The molecule has 5 heteroatoms. The first-order chi connectivity index (χ1) is 8.29. The number of rotatable bonds is 6. The summed E-state index contributed by atoms with van der Waals surface area (Å²) in [6.45, 7) is 4.09. The Labute approximate surface area is 101 Å². The summed E-state index contributed by atoms with van der Waals surface area (Å²) in [5.41, 5.74) is 0.966. The second-order valence-electron chi connectivity index (χ2n) is 4.02. The molecular weight excluding hydrogens is 216 g/mol. The third-order valence-corrected chi connectivity index (χ3v) is 2.49. The minimum Gasteiger partial charge on any atom is -0.441 e.